The number of aromatic nitrogens is 1. The third kappa shape index (κ3) is 2.83. The van der Waals surface area contributed by atoms with Crippen LogP contribution < -0.4 is 10.2 Å². The molecule has 1 aromatic heterocycles. The Labute approximate surface area is 122 Å². The lowest BCUT2D eigenvalue weighted by atomic mass is 9.91. The number of hydrogen-bond donors (Lipinski definition) is 1. The summed E-state index contributed by atoms with van der Waals surface area (Å²) < 4.78 is 0. The Morgan fingerprint density at radius 3 is 3.10 bits per heavy atom. The third-order valence-corrected chi connectivity index (χ3v) is 4.93. The SMILES string of the molecule is CCCNCc1ccncc1N1CCCC2CCCC21. The first-order valence-electron chi connectivity index (χ1n) is 8.30. The van der Waals surface area contributed by atoms with Crippen molar-refractivity contribution in [2.24, 2.45) is 5.92 Å². The molecule has 3 rings (SSSR count). The fraction of sp³-hybridized carbons (Fsp3) is 0.706. The second-order valence-corrected chi connectivity index (χ2v) is 6.28. The molecule has 3 nitrogen and oxygen atoms in total. The number of pyridine rings is 1. The quantitative estimate of drug-likeness (QED) is 0.834. The largest absolute Gasteiger partial charge is 0.367 e. The van der Waals surface area contributed by atoms with E-state index in [1.807, 2.05) is 6.20 Å². The molecule has 1 aliphatic heterocycles. The van der Waals surface area contributed by atoms with Gasteiger partial charge in [0, 0.05) is 25.3 Å². The highest BCUT2D eigenvalue weighted by Crippen LogP contribution is 2.39. The average molecular weight is 273 g/mol. The fourth-order valence-electron chi connectivity index (χ4n) is 3.98. The molecule has 20 heavy (non-hydrogen) atoms. The molecule has 0 radical (unpaired) electrons. The number of hydrogen-bond acceptors (Lipinski definition) is 3. The van der Waals surface area contributed by atoms with E-state index in [0.29, 0.717) is 0 Å². The Morgan fingerprint density at radius 2 is 2.20 bits per heavy atom. The second kappa shape index (κ2) is 6.57. The zero-order valence-electron chi connectivity index (χ0n) is 12.6. The summed E-state index contributed by atoms with van der Waals surface area (Å²) in [6.45, 7) is 5.50. The van der Waals surface area contributed by atoms with Crippen molar-refractivity contribution in [1.82, 2.24) is 10.3 Å². The van der Waals surface area contributed by atoms with Gasteiger partial charge in [-0.25, -0.2) is 0 Å². The molecule has 2 atom stereocenters. The number of fused-ring (bicyclic) bond motifs is 1. The van der Waals surface area contributed by atoms with Crippen LogP contribution in [0, 0.1) is 5.92 Å². The second-order valence-electron chi connectivity index (χ2n) is 6.28. The van der Waals surface area contributed by atoms with Crippen LogP contribution in [0.25, 0.3) is 0 Å². The zero-order chi connectivity index (χ0) is 13.8. The van der Waals surface area contributed by atoms with Crippen LogP contribution in [0.4, 0.5) is 5.69 Å². The van der Waals surface area contributed by atoms with Crippen LogP contribution in [-0.4, -0.2) is 24.1 Å². The maximum absolute atomic E-state index is 4.39. The van der Waals surface area contributed by atoms with Gasteiger partial charge in [0.05, 0.1) is 11.9 Å². The molecule has 1 saturated carbocycles. The molecule has 1 N–H and O–H groups in total. The fourth-order valence-corrected chi connectivity index (χ4v) is 3.98. The van der Waals surface area contributed by atoms with Gasteiger partial charge in [-0.15, -0.1) is 0 Å². The van der Waals surface area contributed by atoms with Crippen LogP contribution in [0.15, 0.2) is 18.5 Å². The maximum atomic E-state index is 4.39. The third-order valence-electron chi connectivity index (χ3n) is 4.93. The highest BCUT2D eigenvalue weighted by molar-refractivity contribution is 5.53. The summed E-state index contributed by atoms with van der Waals surface area (Å²) in [6, 6.07) is 2.97. The molecule has 3 heteroatoms. The number of anilines is 1. The molecule has 2 unspecified atom stereocenters. The van der Waals surface area contributed by atoms with Crippen molar-refractivity contribution in [3.63, 3.8) is 0 Å². The van der Waals surface area contributed by atoms with E-state index in [1.54, 1.807) is 0 Å². The van der Waals surface area contributed by atoms with Crippen LogP contribution in [0.5, 0.6) is 0 Å². The predicted octanol–water partition coefficient (Wildman–Crippen LogP) is 3.35. The van der Waals surface area contributed by atoms with Gasteiger partial charge in [0.25, 0.3) is 0 Å². The molecule has 0 bridgehead atoms. The number of nitrogens with zero attached hydrogens (tertiary/aromatic N) is 2. The van der Waals surface area contributed by atoms with Crippen molar-refractivity contribution in [1.29, 1.82) is 0 Å². The van der Waals surface area contributed by atoms with Crippen LogP contribution in [0.2, 0.25) is 0 Å². The summed E-state index contributed by atoms with van der Waals surface area (Å²) in [5, 5.41) is 3.54. The van der Waals surface area contributed by atoms with E-state index in [9.17, 15) is 0 Å². The van der Waals surface area contributed by atoms with Crippen LogP contribution >= 0.6 is 0 Å². The summed E-state index contributed by atoms with van der Waals surface area (Å²) in [5.41, 5.74) is 2.80. The Balaban J connectivity index is 1.78. The van der Waals surface area contributed by atoms with E-state index in [1.165, 1.54) is 56.3 Å². The van der Waals surface area contributed by atoms with Gasteiger partial charge in [-0.2, -0.15) is 0 Å². The van der Waals surface area contributed by atoms with Gasteiger partial charge in [0.2, 0.25) is 0 Å². The standard InChI is InChI=1S/C17H27N3/c1-2-9-18-12-15-8-10-19-13-17(15)20-11-4-6-14-5-3-7-16(14)20/h8,10,13-14,16,18H,2-7,9,11-12H2,1H3. The molecule has 2 heterocycles. The summed E-state index contributed by atoms with van der Waals surface area (Å²) in [7, 11) is 0. The van der Waals surface area contributed by atoms with E-state index in [-0.39, 0.29) is 0 Å². The summed E-state index contributed by atoms with van der Waals surface area (Å²) in [5.74, 6) is 0.931. The van der Waals surface area contributed by atoms with Crippen molar-refractivity contribution < 1.29 is 0 Å². The molecule has 2 fully saturated rings. The minimum atomic E-state index is 0.776. The topological polar surface area (TPSA) is 28.2 Å². The Hall–Kier alpha value is -1.09. The van der Waals surface area contributed by atoms with Crippen LogP contribution in [0.3, 0.4) is 0 Å². The van der Waals surface area contributed by atoms with Crippen molar-refractivity contribution in [2.45, 2.75) is 58.0 Å². The lowest BCUT2D eigenvalue weighted by Gasteiger charge is -2.40. The summed E-state index contributed by atoms with van der Waals surface area (Å²) >= 11 is 0. The number of nitrogens with one attached hydrogen (secondary N) is 1. The van der Waals surface area contributed by atoms with Gasteiger partial charge in [0.1, 0.15) is 0 Å². The van der Waals surface area contributed by atoms with E-state index >= 15 is 0 Å². The van der Waals surface area contributed by atoms with Crippen molar-refractivity contribution >= 4 is 5.69 Å². The lowest BCUT2D eigenvalue weighted by Crippen LogP contribution is -2.43. The van der Waals surface area contributed by atoms with Crippen LogP contribution in [0.1, 0.15) is 51.0 Å². The molecule has 0 amide bonds. The Morgan fingerprint density at radius 1 is 1.30 bits per heavy atom. The molecule has 1 saturated heterocycles. The minimum Gasteiger partial charge on any atom is -0.367 e. The zero-order valence-corrected chi connectivity index (χ0v) is 12.6. The first-order chi connectivity index (χ1) is 9.90. The number of piperidine rings is 1. The molecule has 1 aliphatic carbocycles. The molecule has 110 valence electrons. The molecule has 2 aliphatic rings. The maximum Gasteiger partial charge on any atom is 0.0600 e. The molecule has 0 aromatic carbocycles. The first kappa shape index (κ1) is 13.9. The smallest absolute Gasteiger partial charge is 0.0600 e. The van der Waals surface area contributed by atoms with Gasteiger partial charge in [0.15, 0.2) is 0 Å². The van der Waals surface area contributed by atoms with E-state index < -0.39 is 0 Å². The Kier molecular flexibility index (Phi) is 4.56. The van der Waals surface area contributed by atoms with E-state index in [2.05, 4.69) is 34.4 Å². The first-order valence-corrected chi connectivity index (χ1v) is 8.30. The van der Waals surface area contributed by atoms with Gasteiger partial charge < -0.3 is 10.2 Å². The summed E-state index contributed by atoms with van der Waals surface area (Å²) in [6.07, 6.45) is 12.2. The molecular formula is C17H27N3. The Bertz CT molecular complexity index is 432. The van der Waals surface area contributed by atoms with Crippen molar-refractivity contribution in [3.8, 4) is 0 Å². The number of rotatable bonds is 5. The molecular weight excluding hydrogens is 246 g/mol. The van der Waals surface area contributed by atoms with Gasteiger partial charge in [-0.3, -0.25) is 4.98 Å². The van der Waals surface area contributed by atoms with E-state index in [0.717, 1.165) is 25.0 Å². The van der Waals surface area contributed by atoms with E-state index in [4.69, 9.17) is 0 Å². The highest BCUT2D eigenvalue weighted by Gasteiger charge is 2.35. The average Bonchev–Trinajstić information content (AvgIpc) is 2.96. The molecule has 1 aromatic rings. The normalized spacial score (nSPS) is 25.8. The van der Waals surface area contributed by atoms with Crippen molar-refractivity contribution in [2.75, 3.05) is 18.0 Å². The summed E-state index contributed by atoms with van der Waals surface area (Å²) in [4.78, 5) is 7.06. The minimum absolute atomic E-state index is 0.776. The predicted molar refractivity (Wildman–Crippen MR) is 83.9 cm³/mol. The molecule has 0 spiro atoms. The van der Waals surface area contributed by atoms with Crippen LogP contribution in [-0.2, 0) is 6.54 Å². The van der Waals surface area contributed by atoms with Gasteiger partial charge in [-0.1, -0.05) is 13.3 Å². The van der Waals surface area contributed by atoms with Gasteiger partial charge >= 0.3 is 0 Å². The lowest BCUT2D eigenvalue weighted by molar-refractivity contribution is 0.361. The van der Waals surface area contributed by atoms with Gasteiger partial charge in [-0.05, 0) is 56.2 Å². The van der Waals surface area contributed by atoms with Crippen molar-refractivity contribution in [3.05, 3.63) is 24.0 Å². The highest BCUT2D eigenvalue weighted by atomic mass is 15.2. The monoisotopic (exact) mass is 273 g/mol.